The fraction of sp³-hybridized carbons (Fsp3) is 0.278. The van der Waals surface area contributed by atoms with Gasteiger partial charge in [-0.2, -0.15) is 0 Å². The molecule has 0 spiro atoms. The maximum absolute atomic E-state index is 11.4. The molecule has 3 heterocycles. The van der Waals surface area contributed by atoms with Crippen LogP contribution < -0.4 is 10.6 Å². The number of benzene rings is 1. The van der Waals surface area contributed by atoms with Gasteiger partial charge in [-0.25, -0.2) is 9.97 Å². The van der Waals surface area contributed by atoms with Crippen LogP contribution in [0.25, 0.3) is 21.6 Å². The maximum Gasteiger partial charge on any atom is 0.220 e. The number of primary amides is 1. The van der Waals surface area contributed by atoms with Gasteiger partial charge in [0.15, 0.2) is 5.82 Å². The van der Waals surface area contributed by atoms with Gasteiger partial charge in [0.25, 0.3) is 0 Å². The first-order valence-corrected chi connectivity index (χ1v) is 8.95. The molecule has 2 aromatic heterocycles. The van der Waals surface area contributed by atoms with E-state index in [0.29, 0.717) is 0 Å². The van der Waals surface area contributed by atoms with Crippen molar-refractivity contribution in [3.63, 3.8) is 0 Å². The number of hydrogen-bond acceptors (Lipinski definition) is 5. The van der Waals surface area contributed by atoms with Crippen molar-refractivity contribution in [3.8, 4) is 10.7 Å². The summed E-state index contributed by atoms with van der Waals surface area (Å²) in [6.45, 7) is 1.58. The highest BCUT2D eigenvalue weighted by atomic mass is 32.1. The quantitative estimate of drug-likeness (QED) is 0.797. The summed E-state index contributed by atoms with van der Waals surface area (Å²) in [7, 11) is 0. The number of para-hydroxylation sites is 1. The lowest BCUT2D eigenvalue weighted by Crippen LogP contribution is -2.39. The van der Waals surface area contributed by atoms with E-state index in [4.69, 9.17) is 15.7 Å². The van der Waals surface area contributed by atoms with Crippen LogP contribution in [0.15, 0.2) is 41.8 Å². The third kappa shape index (κ3) is 2.73. The van der Waals surface area contributed by atoms with Crippen LogP contribution in [-0.2, 0) is 4.79 Å². The molecule has 1 aliphatic heterocycles. The van der Waals surface area contributed by atoms with Gasteiger partial charge in [-0.3, -0.25) is 4.79 Å². The van der Waals surface area contributed by atoms with Crippen molar-refractivity contribution in [2.75, 3.05) is 18.0 Å². The smallest absolute Gasteiger partial charge is 0.220 e. The van der Waals surface area contributed by atoms with Gasteiger partial charge in [-0.1, -0.05) is 18.2 Å². The highest BCUT2D eigenvalue weighted by Crippen LogP contribution is 2.31. The van der Waals surface area contributed by atoms with Crippen molar-refractivity contribution < 1.29 is 4.79 Å². The number of anilines is 1. The van der Waals surface area contributed by atoms with Gasteiger partial charge >= 0.3 is 0 Å². The Balaban J connectivity index is 1.75. The van der Waals surface area contributed by atoms with Crippen LogP contribution in [0.2, 0.25) is 0 Å². The minimum Gasteiger partial charge on any atom is -0.369 e. The number of piperidine rings is 1. The summed E-state index contributed by atoms with van der Waals surface area (Å²) < 4.78 is 0. The highest BCUT2D eigenvalue weighted by molar-refractivity contribution is 7.13. The maximum atomic E-state index is 11.4. The molecule has 1 saturated heterocycles. The molecule has 1 amide bonds. The Morgan fingerprint density at radius 1 is 1.12 bits per heavy atom. The van der Waals surface area contributed by atoms with Gasteiger partial charge in [0, 0.05) is 24.4 Å². The average Bonchev–Trinajstić information content (AvgIpc) is 3.15. The fourth-order valence-electron chi connectivity index (χ4n) is 3.19. The number of fused-ring (bicyclic) bond motifs is 1. The van der Waals surface area contributed by atoms with E-state index < -0.39 is 0 Å². The van der Waals surface area contributed by atoms with E-state index in [1.165, 1.54) is 0 Å². The van der Waals surface area contributed by atoms with Crippen LogP contribution in [0.3, 0.4) is 0 Å². The van der Waals surface area contributed by atoms with Gasteiger partial charge in [-0.05, 0) is 36.4 Å². The van der Waals surface area contributed by atoms with Crippen molar-refractivity contribution in [3.05, 3.63) is 41.8 Å². The second-order valence-electron chi connectivity index (χ2n) is 6.03. The Kier molecular flexibility index (Phi) is 3.90. The van der Waals surface area contributed by atoms with Crippen molar-refractivity contribution in [2.24, 2.45) is 11.7 Å². The molecule has 1 fully saturated rings. The monoisotopic (exact) mass is 338 g/mol. The molecule has 5 nitrogen and oxygen atoms in total. The number of thiophene rings is 1. The number of hydrogen-bond donors (Lipinski definition) is 1. The molecule has 0 saturated carbocycles. The molecule has 1 aliphatic rings. The first-order chi connectivity index (χ1) is 11.7. The zero-order chi connectivity index (χ0) is 16.5. The van der Waals surface area contributed by atoms with Crippen molar-refractivity contribution in [1.82, 2.24) is 9.97 Å². The molecule has 1 aromatic carbocycles. The number of carbonyl (C=O) groups is 1. The lowest BCUT2D eigenvalue weighted by molar-refractivity contribution is -0.122. The molecule has 0 atom stereocenters. The number of rotatable bonds is 3. The predicted octanol–water partition coefficient (Wildman–Crippen LogP) is 3.06. The first kappa shape index (κ1) is 15.1. The zero-order valence-electron chi connectivity index (χ0n) is 13.2. The molecule has 6 heteroatoms. The summed E-state index contributed by atoms with van der Waals surface area (Å²) in [5.74, 6) is 1.50. The van der Waals surface area contributed by atoms with Gasteiger partial charge in [0.1, 0.15) is 5.82 Å². The largest absolute Gasteiger partial charge is 0.369 e. The highest BCUT2D eigenvalue weighted by Gasteiger charge is 2.25. The van der Waals surface area contributed by atoms with Crippen molar-refractivity contribution in [1.29, 1.82) is 0 Å². The van der Waals surface area contributed by atoms with E-state index >= 15 is 0 Å². The predicted molar refractivity (Wildman–Crippen MR) is 97.0 cm³/mol. The van der Waals surface area contributed by atoms with E-state index in [-0.39, 0.29) is 11.8 Å². The molecule has 2 N–H and O–H groups in total. The molecule has 122 valence electrons. The normalized spacial score (nSPS) is 15.8. The van der Waals surface area contributed by atoms with Crippen LogP contribution in [0, 0.1) is 5.92 Å². The van der Waals surface area contributed by atoms with Crippen LogP contribution in [0.1, 0.15) is 12.8 Å². The van der Waals surface area contributed by atoms with Crippen LogP contribution in [0.4, 0.5) is 5.82 Å². The molecule has 4 rings (SSSR count). The van der Waals surface area contributed by atoms with Gasteiger partial charge in [0.05, 0.1) is 10.4 Å². The first-order valence-electron chi connectivity index (χ1n) is 8.07. The summed E-state index contributed by atoms with van der Waals surface area (Å²) >= 11 is 1.64. The Hall–Kier alpha value is -2.47. The number of nitrogens with zero attached hydrogens (tertiary/aromatic N) is 3. The van der Waals surface area contributed by atoms with Gasteiger partial charge in [-0.15, -0.1) is 11.3 Å². The molecule has 0 bridgehead atoms. The number of amides is 1. The third-order valence-corrected chi connectivity index (χ3v) is 5.39. The summed E-state index contributed by atoms with van der Waals surface area (Å²) in [4.78, 5) is 24.3. The second-order valence-corrected chi connectivity index (χ2v) is 6.98. The van der Waals surface area contributed by atoms with E-state index in [9.17, 15) is 4.79 Å². The number of nitrogens with two attached hydrogens (primary N) is 1. The van der Waals surface area contributed by atoms with Crippen LogP contribution in [-0.4, -0.2) is 29.0 Å². The minimum absolute atomic E-state index is 0.0221. The van der Waals surface area contributed by atoms with Crippen LogP contribution in [0.5, 0.6) is 0 Å². The Morgan fingerprint density at radius 2 is 1.92 bits per heavy atom. The summed E-state index contributed by atoms with van der Waals surface area (Å²) in [6.07, 6.45) is 1.56. The Bertz CT molecular complexity index is 870. The van der Waals surface area contributed by atoms with E-state index in [1.54, 1.807) is 11.3 Å². The van der Waals surface area contributed by atoms with Crippen molar-refractivity contribution >= 4 is 34.0 Å². The summed E-state index contributed by atoms with van der Waals surface area (Å²) in [6, 6.07) is 12.1. The Morgan fingerprint density at radius 3 is 2.62 bits per heavy atom. The molecule has 0 radical (unpaired) electrons. The third-order valence-electron chi connectivity index (χ3n) is 4.52. The Labute approximate surface area is 144 Å². The zero-order valence-corrected chi connectivity index (χ0v) is 14.0. The lowest BCUT2D eigenvalue weighted by Gasteiger charge is -2.32. The summed E-state index contributed by atoms with van der Waals surface area (Å²) in [5.41, 5.74) is 6.40. The van der Waals surface area contributed by atoms with Crippen LogP contribution >= 0.6 is 11.3 Å². The standard InChI is InChI=1S/C18H18N4OS/c19-16(23)12-7-9-22(10-8-12)18-13-4-1-2-5-14(13)20-17(21-18)15-6-3-11-24-15/h1-6,11-12H,7-10H2,(H2,19,23). The molecule has 3 aromatic rings. The minimum atomic E-state index is -0.193. The van der Waals surface area contributed by atoms with E-state index in [0.717, 1.165) is 53.4 Å². The van der Waals surface area contributed by atoms with Crippen molar-refractivity contribution in [2.45, 2.75) is 12.8 Å². The topological polar surface area (TPSA) is 72.1 Å². The molecule has 24 heavy (non-hydrogen) atoms. The molecular weight excluding hydrogens is 320 g/mol. The number of carbonyl (C=O) groups excluding carboxylic acids is 1. The molecular formula is C18H18N4OS. The van der Waals surface area contributed by atoms with Gasteiger partial charge < -0.3 is 10.6 Å². The summed E-state index contributed by atoms with van der Waals surface area (Å²) in [5, 5.41) is 3.08. The number of aromatic nitrogens is 2. The SMILES string of the molecule is NC(=O)C1CCN(c2nc(-c3cccs3)nc3ccccc23)CC1. The second kappa shape index (κ2) is 6.20. The average molecular weight is 338 g/mol. The lowest BCUT2D eigenvalue weighted by atomic mass is 9.96. The van der Waals surface area contributed by atoms with Gasteiger partial charge in [0.2, 0.25) is 5.91 Å². The van der Waals surface area contributed by atoms with E-state index in [1.807, 2.05) is 35.7 Å². The molecule has 0 unspecified atom stereocenters. The molecule has 0 aliphatic carbocycles. The van der Waals surface area contributed by atoms with E-state index in [2.05, 4.69) is 11.0 Å². The fourth-order valence-corrected chi connectivity index (χ4v) is 3.85.